The molecule has 6 nitrogen and oxygen atoms in total. The van der Waals surface area contributed by atoms with Gasteiger partial charge < -0.3 is 20.4 Å². The molecule has 0 saturated carbocycles. The highest BCUT2D eigenvalue weighted by Gasteiger charge is 2.22. The lowest BCUT2D eigenvalue weighted by Gasteiger charge is -2.16. The largest absolute Gasteiger partial charge is 0.385 e. The van der Waals surface area contributed by atoms with Crippen molar-refractivity contribution < 1.29 is 9.53 Å². The summed E-state index contributed by atoms with van der Waals surface area (Å²) in [5, 5.41) is 5.77. The molecule has 3 aromatic carbocycles. The van der Waals surface area contributed by atoms with Crippen LogP contribution < -0.4 is 11.1 Å². The molecule has 2 aromatic heterocycles. The highest BCUT2D eigenvalue weighted by atomic mass is 16.5. The van der Waals surface area contributed by atoms with E-state index >= 15 is 0 Å². The Morgan fingerprint density at radius 3 is 2.87 bits per heavy atom. The molecule has 0 aliphatic heterocycles. The molecule has 0 unspecified atom stereocenters. The number of carbonyl (C=O) groups is 1. The van der Waals surface area contributed by atoms with Crippen LogP contribution in [-0.4, -0.2) is 35.7 Å². The van der Waals surface area contributed by atoms with E-state index < -0.39 is 5.91 Å². The number of primary amides is 1. The van der Waals surface area contributed by atoms with Crippen LogP contribution in [0.2, 0.25) is 0 Å². The summed E-state index contributed by atoms with van der Waals surface area (Å²) >= 11 is 0. The van der Waals surface area contributed by atoms with Gasteiger partial charge in [-0.1, -0.05) is 36.4 Å². The summed E-state index contributed by atoms with van der Waals surface area (Å²) < 4.78 is 7.47. The molecule has 190 valence electrons. The molecule has 0 atom stereocenters. The molecule has 0 saturated heterocycles. The van der Waals surface area contributed by atoms with E-state index in [9.17, 15) is 4.79 Å². The quantitative estimate of drug-likeness (QED) is 0.242. The van der Waals surface area contributed by atoms with Crippen molar-refractivity contribution in [3.63, 3.8) is 0 Å². The molecule has 1 amide bonds. The number of anilines is 1. The van der Waals surface area contributed by atoms with Crippen LogP contribution in [0.1, 0.15) is 34.5 Å². The van der Waals surface area contributed by atoms with E-state index in [1.807, 2.05) is 42.6 Å². The number of allylic oxidation sites excluding steroid dienone is 1. The third-order valence-electron chi connectivity index (χ3n) is 7.24. The van der Waals surface area contributed by atoms with Gasteiger partial charge in [-0.2, -0.15) is 0 Å². The summed E-state index contributed by atoms with van der Waals surface area (Å²) in [5.74, 6) is -0.448. The number of ether oxygens (including phenoxy) is 1. The number of rotatable bonds is 8. The molecule has 0 fully saturated rings. The number of nitrogens with zero attached hydrogens (tertiary/aromatic N) is 2. The van der Waals surface area contributed by atoms with Crippen molar-refractivity contribution in [2.45, 2.75) is 19.3 Å². The van der Waals surface area contributed by atoms with Crippen LogP contribution in [-0.2, 0) is 11.2 Å². The number of methoxy groups -OCH3 is 1. The summed E-state index contributed by atoms with van der Waals surface area (Å²) in [6.45, 7) is 1.33. The van der Waals surface area contributed by atoms with Gasteiger partial charge in [0.15, 0.2) is 0 Å². The van der Waals surface area contributed by atoms with E-state index in [2.05, 4.69) is 52.4 Å². The summed E-state index contributed by atoms with van der Waals surface area (Å²) in [6.07, 6.45) is 9.22. The van der Waals surface area contributed by atoms with Crippen LogP contribution in [0.15, 0.2) is 79.0 Å². The maximum Gasteiger partial charge on any atom is 0.250 e. The highest BCUT2D eigenvalue weighted by Crippen LogP contribution is 2.40. The van der Waals surface area contributed by atoms with Crippen molar-refractivity contribution in [2.75, 3.05) is 25.6 Å². The van der Waals surface area contributed by atoms with Crippen LogP contribution in [0.3, 0.4) is 0 Å². The first-order chi connectivity index (χ1) is 18.7. The Morgan fingerprint density at radius 1 is 1.11 bits per heavy atom. The topological polar surface area (TPSA) is 82.2 Å². The number of para-hydroxylation sites is 1. The highest BCUT2D eigenvalue weighted by molar-refractivity contribution is 6.03. The van der Waals surface area contributed by atoms with Gasteiger partial charge in [0, 0.05) is 59.9 Å². The normalized spacial score (nSPS) is 12.7. The number of hydrogen-bond acceptors (Lipinski definition) is 4. The van der Waals surface area contributed by atoms with Gasteiger partial charge in [-0.15, -0.1) is 0 Å². The maximum absolute atomic E-state index is 12.2. The molecule has 3 N–H and O–H groups in total. The second kappa shape index (κ2) is 10.1. The lowest BCUT2D eigenvalue weighted by molar-refractivity contribution is 0.100. The minimum atomic E-state index is -0.448. The SMILES string of the molecule is COCCCNc1cc(-n2c3c(c4c(-c5cnc6ccccc6c5)cccc42)CCC=C3)ccc1C(N)=O. The van der Waals surface area contributed by atoms with Crippen molar-refractivity contribution in [2.24, 2.45) is 5.73 Å². The first kappa shape index (κ1) is 23.9. The minimum absolute atomic E-state index is 0.448. The molecule has 5 aromatic rings. The molecule has 0 spiro atoms. The molecule has 38 heavy (non-hydrogen) atoms. The van der Waals surface area contributed by atoms with Gasteiger partial charge in [-0.3, -0.25) is 9.78 Å². The van der Waals surface area contributed by atoms with Crippen molar-refractivity contribution in [1.29, 1.82) is 0 Å². The van der Waals surface area contributed by atoms with E-state index in [0.29, 0.717) is 18.7 Å². The van der Waals surface area contributed by atoms with Crippen molar-refractivity contribution >= 4 is 39.5 Å². The number of nitrogens with two attached hydrogens (primary N) is 1. The third-order valence-corrected chi connectivity index (χ3v) is 7.24. The van der Waals surface area contributed by atoms with E-state index in [1.54, 1.807) is 7.11 Å². The molecular formula is C32H30N4O2. The van der Waals surface area contributed by atoms with Crippen LogP contribution in [0, 0.1) is 0 Å². The van der Waals surface area contributed by atoms with Gasteiger partial charge in [0.1, 0.15) is 0 Å². The number of hydrogen-bond donors (Lipinski definition) is 2. The number of nitrogens with one attached hydrogen (secondary N) is 1. The van der Waals surface area contributed by atoms with Gasteiger partial charge in [-0.05, 0) is 72.9 Å². The smallest absolute Gasteiger partial charge is 0.250 e. The average molecular weight is 503 g/mol. The Hall–Kier alpha value is -4.42. The Balaban J connectivity index is 1.53. The standard InChI is InChI=1S/C32H30N4O2/c1-38-17-7-16-34-28-19-23(14-15-25(28)32(33)37)36-29-12-5-3-9-26(29)31-24(10-6-13-30(31)36)22-18-21-8-2-4-11-27(21)35-20-22/h2,4-6,8,10-15,18-20,34H,3,7,9,16-17H2,1H3,(H2,33,37). The van der Waals surface area contributed by atoms with E-state index in [4.69, 9.17) is 15.5 Å². The Kier molecular flexibility index (Phi) is 6.40. The molecule has 6 heteroatoms. The summed E-state index contributed by atoms with van der Waals surface area (Å²) in [5.41, 5.74) is 14.8. The fourth-order valence-electron chi connectivity index (χ4n) is 5.50. The summed E-state index contributed by atoms with van der Waals surface area (Å²) in [7, 11) is 1.69. The maximum atomic E-state index is 12.2. The lowest BCUT2D eigenvalue weighted by atomic mass is 9.94. The second-order valence-corrected chi connectivity index (χ2v) is 9.62. The van der Waals surface area contributed by atoms with Crippen LogP contribution in [0.25, 0.3) is 44.7 Å². The van der Waals surface area contributed by atoms with E-state index in [0.717, 1.165) is 52.6 Å². The lowest BCUT2D eigenvalue weighted by Crippen LogP contribution is -2.16. The number of aromatic nitrogens is 2. The van der Waals surface area contributed by atoms with Crippen LogP contribution in [0.5, 0.6) is 0 Å². The molecule has 1 aliphatic rings. The summed E-state index contributed by atoms with van der Waals surface area (Å²) in [6, 6.07) is 22.7. The van der Waals surface area contributed by atoms with Crippen LogP contribution >= 0.6 is 0 Å². The monoisotopic (exact) mass is 502 g/mol. The number of benzene rings is 3. The zero-order chi connectivity index (χ0) is 26.1. The van der Waals surface area contributed by atoms with Gasteiger partial charge >= 0.3 is 0 Å². The number of amides is 1. The number of pyridine rings is 1. The Morgan fingerprint density at radius 2 is 2.00 bits per heavy atom. The summed E-state index contributed by atoms with van der Waals surface area (Å²) in [4.78, 5) is 16.9. The van der Waals surface area contributed by atoms with E-state index in [1.165, 1.54) is 22.2 Å². The fraction of sp³-hybridized carbons (Fsp3) is 0.188. The number of fused-ring (bicyclic) bond motifs is 4. The Labute approximate surface area is 221 Å². The molecule has 1 aliphatic carbocycles. The zero-order valence-electron chi connectivity index (χ0n) is 21.4. The fourth-order valence-corrected chi connectivity index (χ4v) is 5.50. The van der Waals surface area contributed by atoms with Crippen molar-refractivity contribution in [3.8, 4) is 16.8 Å². The molecule has 0 bridgehead atoms. The average Bonchev–Trinajstić information content (AvgIpc) is 3.29. The van der Waals surface area contributed by atoms with Gasteiger partial charge in [-0.25, -0.2) is 0 Å². The Bertz CT molecular complexity index is 1700. The van der Waals surface area contributed by atoms with Crippen molar-refractivity contribution in [3.05, 3.63) is 95.8 Å². The molecule has 0 radical (unpaired) electrons. The molecule has 2 heterocycles. The van der Waals surface area contributed by atoms with Gasteiger partial charge in [0.2, 0.25) is 0 Å². The third kappa shape index (κ3) is 4.23. The first-order valence-corrected chi connectivity index (χ1v) is 13.0. The van der Waals surface area contributed by atoms with Crippen molar-refractivity contribution in [1.82, 2.24) is 9.55 Å². The first-order valence-electron chi connectivity index (χ1n) is 13.0. The second-order valence-electron chi connectivity index (χ2n) is 9.62. The zero-order valence-corrected chi connectivity index (χ0v) is 21.4. The van der Waals surface area contributed by atoms with E-state index in [-0.39, 0.29) is 0 Å². The minimum Gasteiger partial charge on any atom is -0.385 e. The van der Waals surface area contributed by atoms with Gasteiger partial charge in [0.25, 0.3) is 5.91 Å². The molecular weight excluding hydrogens is 472 g/mol. The number of carbonyl (C=O) groups excluding carboxylic acids is 1. The van der Waals surface area contributed by atoms with Crippen LogP contribution in [0.4, 0.5) is 5.69 Å². The predicted octanol–water partition coefficient (Wildman–Crippen LogP) is 6.35. The predicted molar refractivity (Wildman–Crippen MR) is 155 cm³/mol. The number of aryl methyl sites for hydroxylation is 1. The van der Waals surface area contributed by atoms with Gasteiger partial charge in [0.05, 0.1) is 16.6 Å². The molecule has 6 rings (SSSR count).